The fourth-order valence-electron chi connectivity index (χ4n) is 2.86. The zero-order valence-electron chi connectivity index (χ0n) is 12.3. The van der Waals surface area contributed by atoms with Crippen LogP contribution in [0, 0.1) is 5.92 Å². The van der Waals surface area contributed by atoms with E-state index in [-0.39, 0.29) is 5.75 Å². The number of nitrogens with one attached hydrogen (secondary N) is 1. The molecule has 1 aromatic rings. The summed E-state index contributed by atoms with van der Waals surface area (Å²) in [5, 5.41) is 3.37. The first kappa shape index (κ1) is 15.4. The molecule has 1 fully saturated rings. The average molecular weight is 295 g/mol. The second-order valence-corrected chi connectivity index (χ2v) is 7.88. The second kappa shape index (κ2) is 7.11. The van der Waals surface area contributed by atoms with E-state index in [1.165, 1.54) is 38.5 Å². The summed E-state index contributed by atoms with van der Waals surface area (Å²) in [6.07, 6.45) is 7.82. The molecule has 0 amide bonds. The minimum absolute atomic E-state index is 0.148. The third-order valence-electron chi connectivity index (χ3n) is 4.16. The van der Waals surface area contributed by atoms with Crippen molar-refractivity contribution >= 4 is 15.5 Å². The molecule has 0 aliphatic heterocycles. The van der Waals surface area contributed by atoms with E-state index in [4.69, 9.17) is 0 Å². The predicted molar refractivity (Wildman–Crippen MR) is 83.9 cm³/mol. The molecule has 1 aliphatic rings. The molecule has 0 radical (unpaired) electrons. The maximum atomic E-state index is 12.1. The molecule has 3 nitrogen and oxygen atoms in total. The molecule has 2 rings (SSSR count). The molecule has 1 aromatic carbocycles. The lowest BCUT2D eigenvalue weighted by atomic mass is 10.0. The Morgan fingerprint density at radius 3 is 2.40 bits per heavy atom. The van der Waals surface area contributed by atoms with E-state index < -0.39 is 9.84 Å². The van der Waals surface area contributed by atoms with Crippen molar-refractivity contribution in [2.45, 2.75) is 50.3 Å². The first-order valence-electron chi connectivity index (χ1n) is 7.69. The number of sulfone groups is 1. The summed E-state index contributed by atoms with van der Waals surface area (Å²) >= 11 is 0. The van der Waals surface area contributed by atoms with Crippen LogP contribution < -0.4 is 5.32 Å². The second-order valence-electron chi connectivity index (χ2n) is 5.64. The Balaban J connectivity index is 2.06. The van der Waals surface area contributed by atoms with Crippen molar-refractivity contribution < 1.29 is 8.42 Å². The fraction of sp³-hybridized carbons (Fsp3) is 0.625. The number of rotatable bonds is 5. The van der Waals surface area contributed by atoms with Crippen molar-refractivity contribution in [2.75, 3.05) is 17.6 Å². The summed E-state index contributed by atoms with van der Waals surface area (Å²) in [4.78, 5) is 0.441. The summed E-state index contributed by atoms with van der Waals surface area (Å²) in [5.41, 5.74) is 0.763. The van der Waals surface area contributed by atoms with Crippen LogP contribution in [0.4, 0.5) is 5.69 Å². The highest BCUT2D eigenvalue weighted by Gasteiger charge is 2.17. The molecule has 4 heteroatoms. The molecule has 112 valence electrons. The molecule has 0 heterocycles. The molecule has 20 heavy (non-hydrogen) atoms. The van der Waals surface area contributed by atoms with Crippen LogP contribution in [0.15, 0.2) is 29.2 Å². The van der Waals surface area contributed by atoms with Crippen molar-refractivity contribution in [2.24, 2.45) is 5.92 Å². The molecule has 0 spiro atoms. The van der Waals surface area contributed by atoms with Gasteiger partial charge < -0.3 is 5.32 Å². The maximum absolute atomic E-state index is 12.1. The average Bonchev–Trinajstić information content (AvgIpc) is 2.74. The molecule has 0 atom stereocenters. The van der Waals surface area contributed by atoms with Crippen LogP contribution in [0.2, 0.25) is 0 Å². The van der Waals surface area contributed by atoms with Crippen LogP contribution in [0.5, 0.6) is 0 Å². The quantitative estimate of drug-likeness (QED) is 0.839. The zero-order chi connectivity index (χ0) is 14.4. The molecular formula is C16H25NO2S. The Morgan fingerprint density at radius 1 is 1.10 bits per heavy atom. The van der Waals surface area contributed by atoms with Gasteiger partial charge >= 0.3 is 0 Å². The highest BCUT2D eigenvalue weighted by Crippen LogP contribution is 2.26. The predicted octanol–water partition coefficient (Wildman–Crippen LogP) is 3.86. The number of hydrogen-bond acceptors (Lipinski definition) is 3. The van der Waals surface area contributed by atoms with Gasteiger partial charge in [-0.1, -0.05) is 44.7 Å². The van der Waals surface area contributed by atoms with Crippen LogP contribution in [0.25, 0.3) is 0 Å². The molecule has 1 N–H and O–H groups in total. The van der Waals surface area contributed by atoms with Crippen LogP contribution in [0.1, 0.15) is 45.4 Å². The summed E-state index contributed by atoms with van der Waals surface area (Å²) in [6.45, 7) is 2.58. The molecule has 1 saturated carbocycles. The fourth-order valence-corrected chi connectivity index (χ4v) is 3.93. The van der Waals surface area contributed by atoms with Gasteiger partial charge in [0.1, 0.15) is 0 Å². The lowest BCUT2D eigenvalue weighted by Gasteiger charge is -2.17. The molecular weight excluding hydrogens is 270 g/mol. The Labute approximate surface area is 122 Å². The third kappa shape index (κ3) is 3.98. The van der Waals surface area contributed by atoms with Gasteiger partial charge in [0, 0.05) is 6.54 Å². The Hall–Kier alpha value is -1.03. The standard InChI is InChI=1S/C16H25NO2S/c1-2-20(18,19)16-12-8-7-11-15(16)17-13-14-9-5-3-4-6-10-14/h7-8,11-12,14,17H,2-6,9-10,13H2,1H3. The van der Waals surface area contributed by atoms with Gasteiger partial charge in [0.15, 0.2) is 9.84 Å². The zero-order valence-corrected chi connectivity index (χ0v) is 13.1. The summed E-state index contributed by atoms with van der Waals surface area (Å²) in [5.74, 6) is 0.824. The lowest BCUT2D eigenvalue weighted by Crippen LogP contribution is -2.16. The minimum Gasteiger partial charge on any atom is -0.384 e. The molecule has 0 bridgehead atoms. The Bertz CT molecular complexity index is 517. The summed E-state index contributed by atoms with van der Waals surface area (Å²) < 4.78 is 24.2. The number of anilines is 1. The van der Waals surface area contributed by atoms with Crippen LogP contribution >= 0.6 is 0 Å². The molecule has 0 saturated heterocycles. The summed E-state index contributed by atoms with van der Waals surface area (Å²) in [7, 11) is -3.15. The van der Waals surface area contributed by atoms with E-state index >= 15 is 0 Å². The van der Waals surface area contributed by atoms with E-state index in [1.807, 2.05) is 12.1 Å². The van der Waals surface area contributed by atoms with Crippen molar-refractivity contribution in [3.05, 3.63) is 24.3 Å². The normalized spacial score (nSPS) is 17.6. The van der Waals surface area contributed by atoms with E-state index in [2.05, 4.69) is 5.32 Å². The van der Waals surface area contributed by atoms with Crippen LogP contribution in [0.3, 0.4) is 0 Å². The van der Waals surface area contributed by atoms with Gasteiger partial charge in [-0.2, -0.15) is 0 Å². The Kier molecular flexibility index (Phi) is 5.46. The molecule has 0 unspecified atom stereocenters. The van der Waals surface area contributed by atoms with E-state index in [1.54, 1.807) is 19.1 Å². The van der Waals surface area contributed by atoms with Crippen molar-refractivity contribution in [3.8, 4) is 0 Å². The maximum Gasteiger partial charge on any atom is 0.180 e. The number of para-hydroxylation sites is 1. The Morgan fingerprint density at radius 2 is 1.75 bits per heavy atom. The number of benzene rings is 1. The van der Waals surface area contributed by atoms with Crippen LogP contribution in [-0.2, 0) is 9.84 Å². The minimum atomic E-state index is -3.15. The van der Waals surface area contributed by atoms with Gasteiger partial charge in [0.05, 0.1) is 16.3 Å². The van der Waals surface area contributed by atoms with Gasteiger partial charge in [0.25, 0.3) is 0 Å². The number of hydrogen-bond donors (Lipinski definition) is 1. The SMILES string of the molecule is CCS(=O)(=O)c1ccccc1NCC1CCCCCC1. The molecule has 0 aromatic heterocycles. The van der Waals surface area contributed by atoms with Gasteiger partial charge in [-0.05, 0) is 30.9 Å². The van der Waals surface area contributed by atoms with E-state index in [0.29, 0.717) is 10.8 Å². The van der Waals surface area contributed by atoms with E-state index in [0.717, 1.165) is 12.2 Å². The van der Waals surface area contributed by atoms with Gasteiger partial charge in [0.2, 0.25) is 0 Å². The summed E-state index contributed by atoms with van der Waals surface area (Å²) in [6, 6.07) is 7.26. The highest BCUT2D eigenvalue weighted by molar-refractivity contribution is 7.91. The van der Waals surface area contributed by atoms with Gasteiger partial charge in [-0.25, -0.2) is 8.42 Å². The topological polar surface area (TPSA) is 46.2 Å². The largest absolute Gasteiger partial charge is 0.384 e. The van der Waals surface area contributed by atoms with Gasteiger partial charge in [-0.3, -0.25) is 0 Å². The smallest absolute Gasteiger partial charge is 0.180 e. The third-order valence-corrected chi connectivity index (χ3v) is 5.94. The van der Waals surface area contributed by atoms with Gasteiger partial charge in [-0.15, -0.1) is 0 Å². The van der Waals surface area contributed by atoms with Crippen molar-refractivity contribution in [3.63, 3.8) is 0 Å². The molecule has 1 aliphatic carbocycles. The van der Waals surface area contributed by atoms with Crippen molar-refractivity contribution in [1.29, 1.82) is 0 Å². The highest BCUT2D eigenvalue weighted by atomic mass is 32.2. The monoisotopic (exact) mass is 295 g/mol. The first-order chi connectivity index (χ1) is 9.63. The van der Waals surface area contributed by atoms with Crippen molar-refractivity contribution in [1.82, 2.24) is 0 Å². The first-order valence-corrected chi connectivity index (χ1v) is 9.34. The lowest BCUT2D eigenvalue weighted by molar-refractivity contribution is 0.483. The van der Waals surface area contributed by atoms with E-state index in [9.17, 15) is 8.42 Å². The van der Waals surface area contributed by atoms with Crippen LogP contribution in [-0.4, -0.2) is 20.7 Å².